The Kier molecular flexibility index (Phi) is 4.84. The maximum absolute atomic E-state index is 12.6. The summed E-state index contributed by atoms with van der Waals surface area (Å²) < 4.78 is 27.5. The van der Waals surface area contributed by atoms with Crippen LogP contribution in [0.5, 0.6) is 0 Å². The third-order valence-corrected chi connectivity index (χ3v) is 4.27. The lowest BCUT2D eigenvalue weighted by Crippen LogP contribution is -2.20. The van der Waals surface area contributed by atoms with Crippen molar-refractivity contribution in [1.29, 1.82) is 0 Å². The van der Waals surface area contributed by atoms with E-state index in [1.54, 1.807) is 0 Å². The van der Waals surface area contributed by atoms with Gasteiger partial charge >= 0.3 is 5.69 Å². The van der Waals surface area contributed by atoms with Crippen LogP contribution in [0.1, 0.15) is 10.7 Å². The van der Waals surface area contributed by atoms with E-state index in [1.165, 1.54) is 15.9 Å². The standard InChI is InChI=1S/C11H11BrF2N4OS/c12-8-2-1-7(20-8)5-18-9(16-17-11(18)19)3-6(4-15)10(13)14/h1-2H,3-5,15H2,(H,17,19). The molecule has 2 rings (SSSR count). The highest BCUT2D eigenvalue weighted by Gasteiger charge is 2.14. The molecule has 2 aromatic heterocycles. The Morgan fingerprint density at radius 2 is 2.25 bits per heavy atom. The molecule has 0 atom stereocenters. The lowest BCUT2D eigenvalue weighted by molar-refractivity contribution is 0.407. The maximum Gasteiger partial charge on any atom is 0.343 e. The summed E-state index contributed by atoms with van der Waals surface area (Å²) in [6.45, 7) is 0.0145. The molecule has 20 heavy (non-hydrogen) atoms. The van der Waals surface area contributed by atoms with Crippen LogP contribution in [-0.4, -0.2) is 21.3 Å². The summed E-state index contributed by atoms with van der Waals surface area (Å²) in [4.78, 5) is 12.6. The van der Waals surface area contributed by atoms with Crippen LogP contribution < -0.4 is 11.4 Å². The molecule has 0 aliphatic rings. The molecule has 9 heteroatoms. The first-order valence-electron chi connectivity index (χ1n) is 5.62. The summed E-state index contributed by atoms with van der Waals surface area (Å²) in [6.07, 6.45) is -1.97. The van der Waals surface area contributed by atoms with Crippen molar-refractivity contribution in [3.05, 3.63) is 48.8 Å². The minimum Gasteiger partial charge on any atom is -0.327 e. The predicted molar refractivity (Wildman–Crippen MR) is 76.0 cm³/mol. The Morgan fingerprint density at radius 3 is 2.80 bits per heavy atom. The highest BCUT2D eigenvalue weighted by atomic mass is 79.9. The number of nitrogens with one attached hydrogen (secondary N) is 1. The van der Waals surface area contributed by atoms with Crippen LogP contribution >= 0.6 is 27.3 Å². The molecule has 0 unspecified atom stereocenters. The van der Waals surface area contributed by atoms with Gasteiger partial charge in [-0.15, -0.1) is 11.3 Å². The topological polar surface area (TPSA) is 76.7 Å². The Balaban J connectivity index is 2.28. The van der Waals surface area contributed by atoms with Crippen molar-refractivity contribution >= 4 is 27.3 Å². The van der Waals surface area contributed by atoms with Crippen LogP contribution in [0, 0.1) is 0 Å². The van der Waals surface area contributed by atoms with E-state index in [9.17, 15) is 13.6 Å². The monoisotopic (exact) mass is 364 g/mol. The molecule has 0 saturated carbocycles. The lowest BCUT2D eigenvalue weighted by atomic mass is 10.2. The second-order valence-corrected chi connectivity index (χ2v) is 6.53. The van der Waals surface area contributed by atoms with E-state index in [0.717, 1.165) is 8.66 Å². The highest BCUT2D eigenvalue weighted by Crippen LogP contribution is 2.23. The van der Waals surface area contributed by atoms with E-state index >= 15 is 0 Å². The second kappa shape index (κ2) is 6.42. The molecule has 0 aliphatic heterocycles. The first-order valence-corrected chi connectivity index (χ1v) is 7.23. The minimum atomic E-state index is -1.83. The molecule has 5 nitrogen and oxygen atoms in total. The van der Waals surface area contributed by atoms with E-state index in [0.29, 0.717) is 0 Å². The van der Waals surface area contributed by atoms with Crippen molar-refractivity contribution in [2.45, 2.75) is 13.0 Å². The van der Waals surface area contributed by atoms with Crippen molar-refractivity contribution in [3.63, 3.8) is 0 Å². The van der Waals surface area contributed by atoms with Crippen molar-refractivity contribution in [3.8, 4) is 0 Å². The molecule has 108 valence electrons. The first-order chi connectivity index (χ1) is 9.51. The Morgan fingerprint density at radius 1 is 1.50 bits per heavy atom. The largest absolute Gasteiger partial charge is 0.343 e. The van der Waals surface area contributed by atoms with Gasteiger partial charge in [0.1, 0.15) is 5.82 Å². The first kappa shape index (κ1) is 15.1. The molecule has 0 saturated heterocycles. The molecule has 0 fully saturated rings. The van der Waals surface area contributed by atoms with Crippen molar-refractivity contribution in [2.75, 3.05) is 6.54 Å². The van der Waals surface area contributed by atoms with Gasteiger partial charge in [0.15, 0.2) is 0 Å². The highest BCUT2D eigenvalue weighted by molar-refractivity contribution is 9.11. The van der Waals surface area contributed by atoms with Gasteiger partial charge in [0.25, 0.3) is 6.08 Å². The number of nitrogens with zero attached hydrogens (tertiary/aromatic N) is 2. The van der Waals surface area contributed by atoms with Gasteiger partial charge in [-0.3, -0.25) is 4.57 Å². The molecule has 0 aliphatic carbocycles. The average Bonchev–Trinajstić information content (AvgIpc) is 2.95. The molecular weight excluding hydrogens is 354 g/mol. The summed E-state index contributed by atoms with van der Waals surface area (Å²) in [5, 5.41) is 6.06. The molecule has 0 bridgehead atoms. The van der Waals surface area contributed by atoms with E-state index in [1.807, 2.05) is 12.1 Å². The van der Waals surface area contributed by atoms with Crippen LogP contribution in [-0.2, 0) is 13.0 Å². The number of thiophene rings is 1. The second-order valence-electron chi connectivity index (χ2n) is 3.98. The SMILES string of the molecule is NCC(Cc1n[nH]c(=O)n1Cc1ccc(Br)s1)=C(F)F. The summed E-state index contributed by atoms with van der Waals surface area (Å²) in [7, 11) is 0. The normalized spacial score (nSPS) is 10.8. The fourth-order valence-electron chi connectivity index (χ4n) is 1.65. The average molecular weight is 365 g/mol. The third kappa shape index (κ3) is 3.41. The Labute approximate surface area is 125 Å². The number of hydrogen-bond donors (Lipinski definition) is 2. The van der Waals surface area contributed by atoms with E-state index < -0.39 is 11.8 Å². The zero-order valence-corrected chi connectivity index (χ0v) is 12.6. The Bertz CT molecular complexity index is 687. The number of rotatable bonds is 5. The third-order valence-electron chi connectivity index (χ3n) is 2.67. The quantitative estimate of drug-likeness (QED) is 0.852. The Hall–Kier alpha value is -1.32. The zero-order chi connectivity index (χ0) is 14.7. The fraction of sp³-hybridized carbons (Fsp3) is 0.273. The number of halogens is 3. The van der Waals surface area contributed by atoms with Gasteiger partial charge in [0.2, 0.25) is 0 Å². The molecule has 0 radical (unpaired) electrons. The van der Waals surface area contributed by atoms with Gasteiger partial charge in [0.05, 0.1) is 10.3 Å². The number of nitrogens with two attached hydrogens (primary N) is 1. The molecule has 0 aromatic carbocycles. The minimum absolute atomic E-state index is 0.149. The summed E-state index contributed by atoms with van der Waals surface area (Å²) in [6, 6.07) is 3.71. The van der Waals surface area contributed by atoms with E-state index in [2.05, 4.69) is 26.1 Å². The molecule has 2 heterocycles. The zero-order valence-electron chi connectivity index (χ0n) is 10.2. The number of H-pyrrole nitrogens is 1. The van der Waals surface area contributed by atoms with Crippen LogP contribution in [0.25, 0.3) is 0 Å². The summed E-state index contributed by atoms with van der Waals surface area (Å²) in [5.74, 6) is 0.243. The predicted octanol–water partition coefficient (Wildman–Crippen LogP) is 2.10. The van der Waals surface area contributed by atoms with Crippen LogP contribution in [0.15, 0.2) is 32.4 Å². The molecule has 3 N–H and O–H groups in total. The molecule has 2 aromatic rings. The summed E-state index contributed by atoms with van der Waals surface area (Å²) in [5.41, 5.74) is 4.61. The van der Waals surface area contributed by atoms with Crippen LogP contribution in [0.2, 0.25) is 0 Å². The van der Waals surface area contributed by atoms with Gasteiger partial charge in [0, 0.05) is 23.4 Å². The van der Waals surface area contributed by atoms with Crippen molar-refractivity contribution in [1.82, 2.24) is 14.8 Å². The number of aromatic amines is 1. The van der Waals surface area contributed by atoms with E-state index in [-0.39, 0.29) is 30.9 Å². The molecule has 0 amide bonds. The van der Waals surface area contributed by atoms with Gasteiger partial charge in [-0.25, -0.2) is 9.89 Å². The van der Waals surface area contributed by atoms with Gasteiger partial charge in [-0.2, -0.15) is 13.9 Å². The van der Waals surface area contributed by atoms with Crippen LogP contribution in [0.3, 0.4) is 0 Å². The fourth-order valence-corrected chi connectivity index (χ4v) is 3.12. The van der Waals surface area contributed by atoms with Crippen LogP contribution in [0.4, 0.5) is 8.78 Å². The van der Waals surface area contributed by atoms with Gasteiger partial charge in [-0.1, -0.05) is 0 Å². The number of aromatic nitrogens is 3. The van der Waals surface area contributed by atoms with Crippen molar-refractivity contribution < 1.29 is 8.78 Å². The van der Waals surface area contributed by atoms with Crippen molar-refractivity contribution in [2.24, 2.45) is 5.73 Å². The lowest BCUT2D eigenvalue weighted by Gasteiger charge is -2.05. The van der Waals surface area contributed by atoms with E-state index in [4.69, 9.17) is 5.73 Å². The van der Waals surface area contributed by atoms with Gasteiger partial charge < -0.3 is 5.73 Å². The smallest absolute Gasteiger partial charge is 0.327 e. The molecule has 0 spiro atoms. The maximum atomic E-state index is 12.6. The number of hydrogen-bond acceptors (Lipinski definition) is 4. The molecular formula is C11H11BrF2N4OS. The van der Waals surface area contributed by atoms with Gasteiger partial charge in [-0.05, 0) is 28.1 Å². The summed E-state index contributed by atoms with van der Waals surface area (Å²) >= 11 is 4.79.